The third-order valence-corrected chi connectivity index (χ3v) is 4.16. The maximum absolute atomic E-state index is 6.03. The molecule has 1 aliphatic heterocycles. The molecule has 0 unspecified atom stereocenters. The lowest BCUT2D eigenvalue weighted by Gasteiger charge is -2.24. The molecule has 2 aromatic rings. The van der Waals surface area contributed by atoms with Crippen molar-refractivity contribution in [2.75, 3.05) is 20.3 Å². The summed E-state index contributed by atoms with van der Waals surface area (Å²) in [5.74, 6) is 0.808. The quantitative estimate of drug-likeness (QED) is 0.880. The van der Waals surface area contributed by atoms with Crippen molar-refractivity contribution in [3.63, 3.8) is 0 Å². The third-order valence-electron chi connectivity index (χ3n) is 3.92. The number of rotatable bonds is 6. The normalized spacial score (nSPS) is 15.7. The van der Waals surface area contributed by atoms with Gasteiger partial charge in [-0.05, 0) is 37.6 Å². The van der Waals surface area contributed by atoms with E-state index >= 15 is 0 Å². The number of halogens is 1. The number of hydrogen-bond acceptors (Lipinski definition) is 4. The summed E-state index contributed by atoms with van der Waals surface area (Å²) in [4.78, 5) is 0. The molecular weight excluding hydrogens is 314 g/mol. The van der Waals surface area contributed by atoms with E-state index in [-0.39, 0.29) is 0 Å². The summed E-state index contributed by atoms with van der Waals surface area (Å²) in [7, 11) is 1.92. The highest BCUT2D eigenvalue weighted by Gasteiger charge is 2.21. The van der Waals surface area contributed by atoms with E-state index in [2.05, 4.69) is 5.32 Å². The van der Waals surface area contributed by atoms with Crippen molar-refractivity contribution < 1.29 is 9.47 Å². The molecule has 0 aliphatic carbocycles. The lowest BCUT2D eigenvalue weighted by atomic mass is 10.1. The first-order chi connectivity index (χ1) is 11.3. The van der Waals surface area contributed by atoms with Crippen LogP contribution >= 0.6 is 11.6 Å². The molecule has 0 atom stereocenters. The molecule has 1 aromatic heterocycles. The summed E-state index contributed by atoms with van der Waals surface area (Å²) in [6.45, 7) is 2.76. The smallest absolute Gasteiger partial charge is 0.212 e. The van der Waals surface area contributed by atoms with Crippen molar-refractivity contribution in [1.29, 1.82) is 0 Å². The van der Waals surface area contributed by atoms with Crippen molar-refractivity contribution in [3.8, 4) is 5.88 Å². The van der Waals surface area contributed by atoms with E-state index < -0.39 is 0 Å². The van der Waals surface area contributed by atoms with Gasteiger partial charge in [0.1, 0.15) is 6.61 Å². The molecule has 1 aromatic carbocycles. The van der Waals surface area contributed by atoms with Crippen LogP contribution in [0.2, 0.25) is 5.02 Å². The van der Waals surface area contributed by atoms with Crippen LogP contribution in [0.5, 0.6) is 5.88 Å². The molecule has 2 heterocycles. The molecule has 0 radical (unpaired) electrons. The Morgan fingerprint density at radius 2 is 2.17 bits per heavy atom. The SMILES string of the molecule is CNCc1cc(OCc2cccc(Cl)c2)n(C2CCOCC2)n1. The van der Waals surface area contributed by atoms with Gasteiger partial charge in [-0.15, -0.1) is 0 Å². The fraction of sp³-hybridized carbons (Fsp3) is 0.471. The van der Waals surface area contributed by atoms with Crippen LogP contribution in [0.3, 0.4) is 0 Å². The highest BCUT2D eigenvalue weighted by Crippen LogP contribution is 2.27. The van der Waals surface area contributed by atoms with Crippen LogP contribution in [-0.4, -0.2) is 30.0 Å². The first-order valence-electron chi connectivity index (χ1n) is 7.94. The first kappa shape index (κ1) is 16.3. The van der Waals surface area contributed by atoms with Gasteiger partial charge in [0.25, 0.3) is 0 Å². The third kappa shape index (κ3) is 4.25. The Labute approximate surface area is 141 Å². The van der Waals surface area contributed by atoms with E-state index in [0.717, 1.165) is 54.8 Å². The monoisotopic (exact) mass is 335 g/mol. The van der Waals surface area contributed by atoms with Crippen LogP contribution in [0, 0.1) is 0 Å². The summed E-state index contributed by atoms with van der Waals surface area (Å²) in [6, 6.07) is 10.1. The van der Waals surface area contributed by atoms with Gasteiger partial charge in [0.15, 0.2) is 0 Å². The second-order valence-corrected chi connectivity index (χ2v) is 6.15. The Morgan fingerprint density at radius 1 is 1.35 bits per heavy atom. The van der Waals surface area contributed by atoms with Crippen molar-refractivity contribution in [2.24, 2.45) is 0 Å². The Bertz CT molecular complexity index is 639. The molecule has 0 spiro atoms. The second kappa shape index (κ2) is 7.81. The standard InChI is InChI=1S/C17H22ClN3O2/c1-19-11-15-10-17(21(20-15)16-5-7-22-8-6-16)23-12-13-3-2-4-14(18)9-13/h2-4,9-10,16,19H,5-8,11-12H2,1H3. The van der Waals surface area contributed by atoms with Gasteiger partial charge in [-0.2, -0.15) is 5.10 Å². The summed E-state index contributed by atoms with van der Waals surface area (Å²) < 4.78 is 13.5. The number of aromatic nitrogens is 2. The van der Waals surface area contributed by atoms with Gasteiger partial charge in [-0.3, -0.25) is 0 Å². The number of nitrogens with zero attached hydrogens (tertiary/aromatic N) is 2. The van der Waals surface area contributed by atoms with Crippen LogP contribution in [0.15, 0.2) is 30.3 Å². The number of ether oxygens (including phenoxy) is 2. The first-order valence-corrected chi connectivity index (χ1v) is 8.32. The predicted molar refractivity (Wildman–Crippen MR) is 89.9 cm³/mol. The van der Waals surface area contributed by atoms with Gasteiger partial charge in [-0.25, -0.2) is 4.68 Å². The summed E-state index contributed by atoms with van der Waals surface area (Å²) in [5, 5.41) is 8.56. The Hall–Kier alpha value is -1.56. The van der Waals surface area contributed by atoms with Gasteiger partial charge in [0, 0.05) is 30.8 Å². The number of hydrogen-bond donors (Lipinski definition) is 1. The maximum atomic E-state index is 6.03. The molecule has 3 rings (SSSR count). The average Bonchev–Trinajstić information content (AvgIpc) is 2.97. The fourth-order valence-electron chi connectivity index (χ4n) is 2.78. The van der Waals surface area contributed by atoms with Gasteiger partial charge < -0.3 is 14.8 Å². The van der Waals surface area contributed by atoms with Crippen molar-refractivity contribution >= 4 is 11.6 Å². The molecule has 1 N–H and O–H groups in total. The zero-order valence-corrected chi connectivity index (χ0v) is 14.1. The molecule has 0 saturated carbocycles. The topological polar surface area (TPSA) is 48.3 Å². The highest BCUT2D eigenvalue weighted by atomic mass is 35.5. The summed E-state index contributed by atoms with van der Waals surface area (Å²) >= 11 is 6.03. The summed E-state index contributed by atoms with van der Waals surface area (Å²) in [6.07, 6.45) is 1.93. The maximum Gasteiger partial charge on any atom is 0.212 e. The Morgan fingerprint density at radius 3 is 2.91 bits per heavy atom. The fourth-order valence-corrected chi connectivity index (χ4v) is 2.99. The minimum Gasteiger partial charge on any atom is -0.473 e. The molecule has 0 bridgehead atoms. The van der Waals surface area contributed by atoms with Gasteiger partial charge in [-0.1, -0.05) is 23.7 Å². The van der Waals surface area contributed by atoms with Crippen LogP contribution in [0.4, 0.5) is 0 Å². The predicted octanol–water partition coefficient (Wildman–Crippen LogP) is 3.19. The van der Waals surface area contributed by atoms with Gasteiger partial charge >= 0.3 is 0 Å². The largest absolute Gasteiger partial charge is 0.473 e. The van der Waals surface area contributed by atoms with E-state index in [1.165, 1.54) is 0 Å². The number of benzene rings is 1. The molecular formula is C17H22ClN3O2. The molecule has 1 saturated heterocycles. The molecule has 124 valence electrons. The molecule has 5 nitrogen and oxygen atoms in total. The lowest BCUT2D eigenvalue weighted by Crippen LogP contribution is -2.21. The minimum atomic E-state index is 0.337. The summed E-state index contributed by atoms with van der Waals surface area (Å²) in [5.41, 5.74) is 2.03. The molecule has 1 aliphatic rings. The molecule has 0 amide bonds. The second-order valence-electron chi connectivity index (χ2n) is 5.71. The van der Waals surface area contributed by atoms with E-state index in [9.17, 15) is 0 Å². The zero-order chi connectivity index (χ0) is 16.1. The van der Waals surface area contributed by atoms with Crippen molar-refractivity contribution in [2.45, 2.75) is 32.0 Å². The van der Waals surface area contributed by atoms with E-state index in [1.807, 2.05) is 42.1 Å². The van der Waals surface area contributed by atoms with Gasteiger partial charge in [0.2, 0.25) is 5.88 Å². The lowest BCUT2D eigenvalue weighted by molar-refractivity contribution is 0.0626. The average molecular weight is 336 g/mol. The van der Waals surface area contributed by atoms with Crippen LogP contribution in [0.1, 0.15) is 30.1 Å². The zero-order valence-electron chi connectivity index (χ0n) is 13.3. The number of nitrogens with one attached hydrogen (secondary N) is 1. The van der Waals surface area contributed by atoms with Crippen molar-refractivity contribution in [3.05, 3.63) is 46.6 Å². The van der Waals surface area contributed by atoms with Crippen LogP contribution < -0.4 is 10.1 Å². The molecule has 1 fully saturated rings. The molecule has 23 heavy (non-hydrogen) atoms. The van der Waals surface area contributed by atoms with Gasteiger partial charge in [0.05, 0.1) is 11.7 Å². The van der Waals surface area contributed by atoms with E-state index in [0.29, 0.717) is 12.6 Å². The minimum absolute atomic E-state index is 0.337. The van der Waals surface area contributed by atoms with Crippen LogP contribution in [-0.2, 0) is 17.9 Å². The molecule has 6 heteroatoms. The Kier molecular flexibility index (Phi) is 5.54. The van der Waals surface area contributed by atoms with Crippen molar-refractivity contribution in [1.82, 2.24) is 15.1 Å². The van der Waals surface area contributed by atoms with E-state index in [1.54, 1.807) is 0 Å². The highest BCUT2D eigenvalue weighted by molar-refractivity contribution is 6.30. The Balaban J connectivity index is 1.75. The van der Waals surface area contributed by atoms with Crippen LogP contribution in [0.25, 0.3) is 0 Å². The van der Waals surface area contributed by atoms with E-state index in [4.69, 9.17) is 26.2 Å².